The summed E-state index contributed by atoms with van der Waals surface area (Å²) >= 11 is 0. The zero-order valence-corrected chi connectivity index (χ0v) is 34.4. The largest absolute Gasteiger partial charge is 0.387 e. The number of anilines is 1. The van der Waals surface area contributed by atoms with Crippen molar-refractivity contribution >= 4 is 17.0 Å². The summed E-state index contributed by atoms with van der Waals surface area (Å²) < 4.78 is 24.0. The number of rotatable bonds is 14. The summed E-state index contributed by atoms with van der Waals surface area (Å²) in [6.07, 6.45) is 3.96. The maximum absolute atomic E-state index is 12.9. The number of aliphatic hydroxyl groups is 1. The van der Waals surface area contributed by atoms with E-state index in [4.69, 9.17) is 24.2 Å². The number of imidazole rings is 1. The number of hydrogen-bond acceptors (Lipinski definition) is 8. The standard InChI is InChI=1S/C53H49N5O4/c59-47-45(35-60-52(38-21-7-1-8-22-38,39-23-9-2-10-24-39)40-25-11-3-12-26-40)61-51(58-37-56-46-49(54-36-55-50(46)58)57-44-33-19-20-34-44)48(47)62-53(41-27-13-4-14-28-41,42-29-15-5-16-30-42)43-31-17-6-18-32-43/h1-18,21-32,36-37,44-45,47-48,51,59H,19-20,33-35H2,(H,54,55,57)/t45-,47+,48-,51-/m1/s1. The Kier molecular flexibility index (Phi) is 11.2. The van der Waals surface area contributed by atoms with Gasteiger partial charge in [-0.15, -0.1) is 0 Å². The van der Waals surface area contributed by atoms with E-state index in [-0.39, 0.29) is 6.61 Å². The monoisotopic (exact) mass is 819 g/mol. The van der Waals surface area contributed by atoms with Gasteiger partial charge < -0.3 is 24.6 Å². The number of aromatic nitrogens is 4. The summed E-state index contributed by atoms with van der Waals surface area (Å²) in [6.45, 7) is 0.0152. The first-order valence-electron chi connectivity index (χ1n) is 21.6. The fourth-order valence-corrected chi connectivity index (χ4v) is 9.52. The second-order valence-corrected chi connectivity index (χ2v) is 16.2. The number of benzene rings is 6. The Labute approximate surface area is 362 Å². The van der Waals surface area contributed by atoms with E-state index in [1.807, 2.05) is 114 Å². The van der Waals surface area contributed by atoms with Crippen molar-refractivity contribution in [2.45, 2.75) is 67.5 Å². The molecule has 0 radical (unpaired) electrons. The molecule has 1 aliphatic carbocycles. The minimum absolute atomic E-state index is 0.0152. The quantitative estimate of drug-likeness (QED) is 0.105. The molecule has 0 unspecified atom stereocenters. The molecule has 10 rings (SSSR count). The summed E-state index contributed by atoms with van der Waals surface area (Å²) in [5.74, 6) is 0.683. The Balaban J connectivity index is 1.11. The summed E-state index contributed by atoms with van der Waals surface area (Å²) in [5, 5.41) is 16.6. The molecule has 8 aromatic rings. The van der Waals surface area contributed by atoms with Gasteiger partial charge in [0.25, 0.3) is 0 Å². The van der Waals surface area contributed by atoms with Crippen LogP contribution in [0.3, 0.4) is 0 Å². The predicted octanol–water partition coefficient (Wildman–Crippen LogP) is 9.83. The fraction of sp³-hybridized carbons (Fsp3) is 0.226. The summed E-state index contributed by atoms with van der Waals surface area (Å²) in [7, 11) is 0. The molecule has 0 bridgehead atoms. The number of ether oxygens (including phenoxy) is 3. The highest BCUT2D eigenvalue weighted by atomic mass is 16.6. The third-order valence-electron chi connectivity index (χ3n) is 12.5. The van der Waals surface area contributed by atoms with Gasteiger partial charge >= 0.3 is 0 Å². The molecular formula is C53H49N5O4. The van der Waals surface area contributed by atoms with Crippen LogP contribution in [0.5, 0.6) is 0 Å². The molecule has 62 heavy (non-hydrogen) atoms. The van der Waals surface area contributed by atoms with E-state index in [9.17, 15) is 5.11 Å². The van der Waals surface area contributed by atoms with Crippen molar-refractivity contribution in [1.29, 1.82) is 0 Å². The molecule has 1 saturated heterocycles. The van der Waals surface area contributed by atoms with Crippen LogP contribution in [0.2, 0.25) is 0 Å². The highest BCUT2D eigenvalue weighted by Crippen LogP contribution is 2.47. The van der Waals surface area contributed by atoms with Crippen molar-refractivity contribution in [2.24, 2.45) is 0 Å². The van der Waals surface area contributed by atoms with Crippen molar-refractivity contribution in [3.05, 3.63) is 228 Å². The Bertz CT molecular complexity index is 2470. The third-order valence-corrected chi connectivity index (χ3v) is 12.5. The van der Waals surface area contributed by atoms with Crippen LogP contribution >= 0.6 is 0 Å². The Morgan fingerprint density at radius 1 is 0.581 bits per heavy atom. The van der Waals surface area contributed by atoms with Gasteiger partial charge in [0.15, 0.2) is 23.2 Å². The maximum Gasteiger partial charge on any atom is 0.167 e. The van der Waals surface area contributed by atoms with Crippen LogP contribution in [-0.4, -0.2) is 55.6 Å². The third kappa shape index (κ3) is 7.26. The molecule has 2 aliphatic rings. The number of nitrogens with one attached hydrogen (secondary N) is 1. The highest BCUT2D eigenvalue weighted by molar-refractivity contribution is 5.83. The normalized spacial score (nSPS) is 19.5. The van der Waals surface area contributed by atoms with Crippen molar-refractivity contribution < 1.29 is 19.3 Å². The number of hydrogen-bond donors (Lipinski definition) is 2. The predicted molar refractivity (Wildman–Crippen MR) is 240 cm³/mol. The lowest BCUT2D eigenvalue weighted by atomic mass is 9.79. The van der Waals surface area contributed by atoms with Crippen molar-refractivity contribution in [2.75, 3.05) is 11.9 Å². The van der Waals surface area contributed by atoms with Crippen molar-refractivity contribution in [3.8, 4) is 0 Å². The molecule has 9 heteroatoms. The molecule has 3 heterocycles. The zero-order chi connectivity index (χ0) is 41.8. The van der Waals surface area contributed by atoms with Gasteiger partial charge in [-0.1, -0.05) is 195 Å². The van der Waals surface area contributed by atoms with E-state index in [0.717, 1.165) is 46.2 Å². The molecule has 2 N–H and O–H groups in total. The second-order valence-electron chi connectivity index (χ2n) is 16.2. The van der Waals surface area contributed by atoms with Gasteiger partial charge in [-0.05, 0) is 46.2 Å². The first-order valence-corrected chi connectivity index (χ1v) is 21.6. The topological polar surface area (TPSA) is 104 Å². The first kappa shape index (κ1) is 39.6. The minimum atomic E-state index is -1.18. The van der Waals surface area contributed by atoms with Crippen molar-refractivity contribution in [3.63, 3.8) is 0 Å². The van der Waals surface area contributed by atoms with E-state index in [1.54, 1.807) is 12.7 Å². The fourth-order valence-electron chi connectivity index (χ4n) is 9.52. The lowest BCUT2D eigenvalue weighted by Crippen LogP contribution is -2.45. The molecule has 2 fully saturated rings. The lowest BCUT2D eigenvalue weighted by molar-refractivity contribution is -0.122. The molecular weight excluding hydrogens is 771 g/mol. The molecule has 2 aromatic heterocycles. The average molecular weight is 820 g/mol. The molecule has 1 aliphatic heterocycles. The van der Waals surface area contributed by atoms with E-state index in [2.05, 4.69) is 83.1 Å². The molecule has 0 amide bonds. The first-order chi connectivity index (χ1) is 30.6. The van der Waals surface area contributed by atoms with Gasteiger partial charge in [0.2, 0.25) is 0 Å². The average Bonchev–Trinajstić information content (AvgIpc) is 4.10. The summed E-state index contributed by atoms with van der Waals surface area (Å²) in [6, 6.07) is 61.6. The van der Waals surface area contributed by atoms with Crippen LogP contribution in [0, 0.1) is 0 Å². The maximum atomic E-state index is 12.9. The van der Waals surface area contributed by atoms with Gasteiger partial charge in [-0.2, -0.15) is 0 Å². The molecule has 1 saturated carbocycles. The Hall–Kier alpha value is -6.49. The molecule has 6 aromatic carbocycles. The van der Waals surface area contributed by atoms with Crippen LogP contribution in [-0.2, 0) is 25.4 Å². The second kappa shape index (κ2) is 17.5. The summed E-state index contributed by atoms with van der Waals surface area (Å²) in [5.41, 5.74) is 4.55. The minimum Gasteiger partial charge on any atom is -0.387 e. The van der Waals surface area contributed by atoms with E-state index >= 15 is 0 Å². The van der Waals surface area contributed by atoms with Crippen LogP contribution in [0.1, 0.15) is 65.3 Å². The van der Waals surface area contributed by atoms with Gasteiger partial charge in [0.1, 0.15) is 35.8 Å². The SMILES string of the molecule is O[C@@H]1[C@@H](OC(c2ccccc2)(c2ccccc2)c2ccccc2)[C@H](n2cnc3c(NC4CCCC4)ncnc32)O[C@@H]1COC(c1ccccc1)(c1ccccc1)c1ccccc1. The van der Waals surface area contributed by atoms with Gasteiger partial charge in [-0.3, -0.25) is 4.57 Å². The van der Waals surface area contributed by atoms with Crippen LogP contribution in [0.15, 0.2) is 195 Å². The Morgan fingerprint density at radius 3 is 1.47 bits per heavy atom. The van der Waals surface area contributed by atoms with Gasteiger partial charge in [0, 0.05) is 6.04 Å². The van der Waals surface area contributed by atoms with Crippen molar-refractivity contribution in [1.82, 2.24) is 19.5 Å². The van der Waals surface area contributed by atoms with E-state index in [1.165, 1.54) is 12.8 Å². The lowest BCUT2D eigenvalue weighted by Gasteiger charge is -2.40. The Morgan fingerprint density at radius 2 is 1.02 bits per heavy atom. The van der Waals surface area contributed by atoms with Crippen LogP contribution < -0.4 is 5.32 Å². The highest BCUT2D eigenvalue weighted by Gasteiger charge is 2.52. The van der Waals surface area contributed by atoms with E-state index in [0.29, 0.717) is 23.0 Å². The summed E-state index contributed by atoms with van der Waals surface area (Å²) in [4.78, 5) is 14.3. The number of nitrogens with zero attached hydrogens (tertiary/aromatic N) is 4. The van der Waals surface area contributed by atoms with Crippen LogP contribution in [0.25, 0.3) is 11.2 Å². The van der Waals surface area contributed by atoms with Gasteiger partial charge in [-0.25, -0.2) is 15.0 Å². The number of fused-ring (bicyclic) bond motifs is 1. The molecule has 4 atom stereocenters. The molecule has 310 valence electrons. The smallest absolute Gasteiger partial charge is 0.167 e. The number of aliphatic hydroxyl groups excluding tert-OH is 1. The van der Waals surface area contributed by atoms with Gasteiger partial charge in [0.05, 0.1) is 12.9 Å². The molecule has 0 spiro atoms. The zero-order valence-electron chi connectivity index (χ0n) is 34.4. The van der Waals surface area contributed by atoms with E-state index < -0.39 is 35.7 Å². The molecule has 9 nitrogen and oxygen atoms in total. The van der Waals surface area contributed by atoms with Crippen LogP contribution in [0.4, 0.5) is 5.82 Å².